The van der Waals surface area contributed by atoms with Crippen molar-refractivity contribution in [2.75, 3.05) is 13.1 Å². The van der Waals surface area contributed by atoms with E-state index in [1.807, 2.05) is 13.2 Å². The lowest BCUT2D eigenvalue weighted by atomic mass is 10.1. The number of aryl methyl sites for hydroxylation is 2. The first-order valence-electron chi connectivity index (χ1n) is 8.09. The van der Waals surface area contributed by atoms with Gasteiger partial charge in [0.05, 0.1) is 6.20 Å². The lowest BCUT2D eigenvalue weighted by molar-refractivity contribution is -0.151. The fraction of sp³-hybridized carbons (Fsp3) is 0.529. The zero-order valence-corrected chi connectivity index (χ0v) is 14.3. The largest absolute Gasteiger partial charge is 0.462 e. The number of likely N-dealkylation sites (tertiary alicyclic amines) is 1. The van der Waals surface area contributed by atoms with Gasteiger partial charge in [-0.2, -0.15) is 16.4 Å². The molecule has 23 heavy (non-hydrogen) atoms. The topological polar surface area (TPSA) is 47.4 Å². The highest BCUT2D eigenvalue weighted by Gasteiger charge is 2.22. The van der Waals surface area contributed by atoms with Gasteiger partial charge in [-0.25, -0.2) is 0 Å². The van der Waals surface area contributed by atoms with E-state index < -0.39 is 0 Å². The molecule has 0 aliphatic carbocycles. The number of piperidine rings is 1. The second-order valence-corrected chi connectivity index (χ2v) is 6.90. The van der Waals surface area contributed by atoms with Crippen molar-refractivity contribution in [3.8, 4) is 0 Å². The zero-order valence-electron chi connectivity index (χ0n) is 13.5. The highest BCUT2D eigenvalue weighted by molar-refractivity contribution is 7.07. The fourth-order valence-electron chi connectivity index (χ4n) is 2.92. The summed E-state index contributed by atoms with van der Waals surface area (Å²) in [4.78, 5) is 14.4. The van der Waals surface area contributed by atoms with Crippen LogP contribution in [0.4, 0.5) is 0 Å². The highest BCUT2D eigenvalue weighted by atomic mass is 32.1. The number of rotatable bonds is 6. The summed E-state index contributed by atoms with van der Waals surface area (Å²) in [7, 11) is 1.88. The van der Waals surface area contributed by atoms with E-state index in [1.165, 1.54) is 5.56 Å². The van der Waals surface area contributed by atoms with E-state index in [4.69, 9.17) is 4.74 Å². The molecule has 1 fully saturated rings. The number of carbonyl (C=O) groups is 1. The maximum Gasteiger partial charge on any atom is 0.306 e. The van der Waals surface area contributed by atoms with Gasteiger partial charge in [0.1, 0.15) is 6.10 Å². The van der Waals surface area contributed by atoms with Crippen LogP contribution in [0.15, 0.2) is 29.2 Å². The van der Waals surface area contributed by atoms with E-state index in [9.17, 15) is 4.79 Å². The van der Waals surface area contributed by atoms with Crippen LogP contribution >= 0.6 is 11.3 Å². The van der Waals surface area contributed by atoms with Crippen LogP contribution in [0.3, 0.4) is 0 Å². The summed E-state index contributed by atoms with van der Waals surface area (Å²) in [5, 5.41) is 8.42. The Balaban J connectivity index is 1.35. The van der Waals surface area contributed by atoms with Crippen molar-refractivity contribution in [3.63, 3.8) is 0 Å². The molecule has 0 radical (unpaired) electrons. The molecule has 124 valence electrons. The highest BCUT2D eigenvalue weighted by Crippen LogP contribution is 2.18. The molecule has 2 aromatic heterocycles. The summed E-state index contributed by atoms with van der Waals surface area (Å²) in [5.74, 6) is -0.0925. The summed E-state index contributed by atoms with van der Waals surface area (Å²) in [6.07, 6.45) is 6.82. The Kier molecular flexibility index (Phi) is 5.46. The SMILES string of the molecule is Cn1cc(CCC(=O)OC2CCN(Cc3ccsc3)CC2)cn1. The smallest absolute Gasteiger partial charge is 0.306 e. The maximum atomic E-state index is 12.0. The minimum atomic E-state index is -0.0925. The van der Waals surface area contributed by atoms with E-state index in [1.54, 1.807) is 22.2 Å². The molecule has 3 heterocycles. The Morgan fingerprint density at radius 1 is 1.39 bits per heavy atom. The predicted molar refractivity (Wildman–Crippen MR) is 90.2 cm³/mol. The Bertz CT molecular complexity index is 616. The molecule has 0 atom stereocenters. The third kappa shape index (κ3) is 4.91. The molecule has 0 spiro atoms. The molecular formula is C17H23N3O2S. The molecule has 2 aromatic rings. The van der Waals surface area contributed by atoms with Gasteiger partial charge in [0.25, 0.3) is 0 Å². The Labute approximate surface area is 140 Å². The number of esters is 1. The molecule has 3 rings (SSSR count). The van der Waals surface area contributed by atoms with Gasteiger partial charge in [-0.05, 0) is 47.2 Å². The summed E-state index contributed by atoms with van der Waals surface area (Å²) >= 11 is 1.74. The summed E-state index contributed by atoms with van der Waals surface area (Å²) in [5.41, 5.74) is 2.46. The van der Waals surface area contributed by atoms with E-state index in [0.717, 1.165) is 38.0 Å². The number of hydrogen-bond donors (Lipinski definition) is 0. The van der Waals surface area contributed by atoms with E-state index in [-0.39, 0.29) is 12.1 Å². The third-order valence-electron chi connectivity index (χ3n) is 4.20. The van der Waals surface area contributed by atoms with Crippen molar-refractivity contribution in [2.24, 2.45) is 7.05 Å². The van der Waals surface area contributed by atoms with Gasteiger partial charge >= 0.3 is 5.97 Å². The van der Waals surface area contributed by atoms with Gasteiger partial charge < -0.3 is 4.74 Å². The first kappa shape index (κ1) is 16.2. The second-order valence-electron chi connectivity index (χ2n) is 6.12. The molecule has 1 saturated heterocycles. The average molecular weight is 333 g/mol. The van der Waals surface area contributed by atoms with Crippen LogP contribution in [0.1, 0.15) is 30.4 Å². The summed E-state index contributed by atoms with van der Waals surface area (Å²) in [6, 6.07) is 2.18. The number of nitrogens with zero attached hydrogens (tertiary/aromatic N) is 3. The first-order chi connectivity index (χ1) is 11.2. The number of ether oxygens (including phenoxy) is 1. The van der Waals surface area contributed by atoms with E-state index in [2.05, 4.69) is 26.8 Å². The van der Waals surface area contributed by atoms with Gasteiger partial charge in [0.15, 0.2) is 0 Å². The van der Waals surface area contributed by atoms with Gasteiger partial charge in [-0.15, -0.1) is 0 Å². The number of hydrogen-bond acceptors (Lipinski definition) is 5. The molecule has 0 aromatic carbocycles. The molecule has 0 amide bonds. The van der Waals surface area contributed by atoms with Crippen LogP contribution in [0.5, 0.6) is 0 Å². The zero-order chi connectivity index (χ0) is 16.1. The Morgan fingerprint density at radius 3 is 2.87 bits per heavy atom. The van der Waals surface area contributed by atoms with Crippen molar-refractivity contribution in [2.45, 2.75) is 38.3 Å². The fourth-order valence-corrected chi connectivity index (χ4v) is 3.58. The molecule has 6 heteroatoms. The van der Waals surface area contributed by atoms with Crippen molar-refractivity contribution < 1.29 is 9.53 Å². The van der Waals surface area contributed by atoms with Gasteiger partial charge in [-0.3, -0.25) is 14.4 Å². The molecule has 0 unspecified atom stereocenters. The van der Waals surface area contributed by atoms with Gasteiger partial charge in [0, 0.05) is 39.3 Å². The maximum absolute atomic E-state index is 12.0. The second kappa shape index (κ2) is 7.75. The summed E-state index contributed by atoms with van der Waals surface area (Å²) in [6.45, 7) is 3.00. The molecule has 1 aliphatic heterocycles. The van der Waals surface area contributed by atoms with Crippen molar-refractivity contribution in [1.29, 1.82) is 0 Å². The molecule has 0 saturated carbocycles. The molecule has 0 N–H and O–H groups in total. The normalized spacial score (nSPS) is 16.6. The standard InChI is InChI=1S/C17H23N3O2S/c1-19-11-14(10-18-19)2-3-17(21)22-16-4-7-20(8-5-16)12-15-6-9-23-13-15/h6,9-11,13,16H,2-5,7-8,12H2,1H3. The van der Waals surface area contributed by atoms with Crippen LogP contribution in [0.2, 0.25) is 0 Å². The first-order valence-corrected chi connectivity index (χ1v) is 9.04. The van der Waals surface area contributed by atoms with Gasteiger partial charge in [-0.1, -0.05) is 0 Å². The number of carbonyl (C=O) groups excluding carboxylic acids is 1. The molecule has 0 bridgehead atoms. The quantitative estimate of drug-likeness (QED) is 0.763. The molecule has 5 nitrogen and oxygen atoms in total. The lowest BCUT2D eigenvalue weighted by Crippen LogP contribution is -2.37. The van der Waals surface area contributed by atoms with Gasteiger partial charge in [0.2, 0.25) is 0 Å². The van der Waals surface area contributed by atoms with Crippen LogP contribution in [0.25, 0.3) is 0 Å². The lowest BCUT2D eigenvalue weighted by Gasteiger charge is -2.31. The average Bonchev–Trinajstić information content (AvgIpc) is 3.19. The minimum Gasteiger partial charge on any atom is -0.462 e. The Morgan fingerprint density at radius 2 is 2.22 bits per heavy atom. The predicted octanol–water partition coefficient (Wildman–Crippen LogP) is 2.62. The van der Waals surface area contributed by atoms with Crippen LogP contribution in [-0.2, 0) is 29.5 Å². The summed E-state index contributed by atoms with van der Waals surface area (Å²) < 4.78 is 7.37. The number of aromatic nitrogens is 2. The molecule has 1 aliphatic rings. The van der Waals surface area contributed by atoms with E-state index >= 15 is 0 Å². The third-order valence-corrected chi connectivity index (χ3v) is 4.93. The van der Waals surface area contributed by atoms with Crippen LogP contribution in [0, 0.1) is 0 Å². The monoisotopic (exact) mass is 333 g/mol. The number of thiophene rings is 1. The van der Waals surface area contributed by atoms with Crippen molar-refractivity contribution in [1.82, 2.24) is 14.7 Å². The van der Waals surface area contributed by atoms with Crippen molar-refractivity contribution in [3.05, 3.63) is 40.3 Å². The molecular weight excluding hydrogens is 310 g/mol. The Hall–Kier alpha value is -1.66. The van der Waals surface area contributed by atoms with Crippen LogP contribution < -0.4 is 0 Å². The van der Waals surface area contributed by atoms with Crippen LogP contribution in [-0.4, -0.2) is 39.8 Å². The van der Waals surface area contributed by atoms with Crippen molar-refractivity contribution >= 4 is 17.3 Å². The minimum absolute atomic E-state index is 0.0788. The van der Waals surface area contributed by atoms with E-state index in [0.29, 0.717) is 12.8 Å².